The Balaban J connectivity index is 0.000000693. The van der Waals surface area contributed by atoms with Gasteiger partial charge in [0.15, 0.2) is 0 Å². The number of para-hydroxylation sites is 1. The minimum absolute atomic E-state index is 0.0382. The topological polar surface area (TPSA) is 228 Å². The molecular weight excluding hydrogens is 1010 g/mol. The summed E-state index contributed by atoms with van der Waals surface area (Å²) in [5.74, 6) is -4.98. The minimum atomic E-state index is -5.08. The number of rotatable bonds is 13. The molecule has 2 saturated heterocycles. The molecule has 2 atom stereocenters. The molecule has 0 bridgehead atoms. The number of nitrogens with two attached hydrogens (primary N) is 1. The van der Waals surface area contributed by atoms with Crippen molar-refractivity contribution in [3.8, 4) is 11.5 Å². The molecule has 2 aliphatic rings. The van der Waals surface area contributed by atoms with Gasteiger partial charge >= 0.3 is 30.3 Å². The minimum Gasteiger partial charge on any atom is -0.506 e. The van der Waals surface area contributed by atoms with Crippen molar-refractivity contribution in [3.05, 3.63) is 81.0 Å². The first-order valence-electron chi connectivity index (χ1n) is 20.0. The summed E-state index contributed by atoms with van der Waals surface area (Å²) in [5.41, 5.74) is 8.67. The molecular formula is C41H49Br2F6N7O9. The van der Waals surface area contributed by atoms with Crippen LogP contribution >= 0.6 is 31.9 Å². The molecule has 2 aromatic carbocycles. The molecule has 0 unspecified atom stereocenters. The maximum absolute atomic E-state index is 14.1. The van der Waals surface area contributed by atoms with Gasteiger partial charge in [-0.15, -0.1) is 0 Å². The third-order valence-electron chi connectivity index (χ3n) is 10.2. The van der Waals surface area contributed by atoms with Crippen molar-refractivity contribution >= 4 is 67.3 Å². The van der Waals surface area contributed by atoms with E-state index in [0.717, 1.165) is 36.3 Å². The average Bonchev–Trinajstić information content (AvgIpc) is 3.27. The van der Waals surface area contributed by atoms with Gasteiger partial charge in [-0.1, -0.05) is 18.2 Å². The Hall–Kier alpha value is -5.36. The fraction of sp³-hybridized carbons (Fsp3) is 0.463. The number of likely N-dealkylation sites (tertiary alicyclic amines) is 1. The normalized spacial score (nSPS) is 15.3. The molecule has 16 nitrogen and oxygen atoms in total. The number of carboxylic acid groups (broad SMARTS) is 2. The lowest BCUT2D eigenvalue weighted by atomic mass is 9.89. The van der Waals surface area contributed by atoms with Crippen molar-refractivity contribution in [2.24, 2.45) is 5.73 Å². The van der Waals surface area contributed by atoms with Crippen LogP contribution in [0.1, 0.15) is 49.1 Å². The van der Waals surface area contributed by atoms with E-state index in [1.807, 2.05) is 30.3 Å². The number of aliphatic carboxylic acids is 2. The molecule has 2 aliphatic heterocycles. The number of piperidine rings is 1. The number of halogens is 8. The van der Waals surface area contributed by atoms with E-state index in [0.29, 0.717) is 73.2 Å². The molecule has 3 aromatic rings. The summed E-state index contributed by atoms with van der Waals surface area (Å²) in [6, 6.07) is 13.2. The lowest BCUT2D eigenvalue weighted by molar-refractivity contribution is -0.193. The molecule has 0 spiro atoms. The van der Waals surface area contributed by atoms with Gasteiger partial charge in [0.25, 0.3) is 0 Å². The Kier molecular flexibility index (Phi) is 21.1. The van der Waals surface area contributed by atoms with Crippen molar-refractivity contribution in [2.45, 2.75) is 68.9 Å². The number of phenolic OH excluding ortho intramolecular Hbond substituents is 1. The molecule has 0 radical (unpaired) electrons. The molecule has 7 N–H and O–H groups in total. The van der Waals surface area contributed by atoms with E-state index in [2.05, 4.69) is 58.4 Å². The van der Waals surface area contributed by atoms with Gasteiger partial charge in [0.1, 0.15) is 23.6 Å². The van der Waals surface area contributed by atoms with Crippen LogP contribution in [0.15, 0.2) is 69.9 Å². The van der Waals surface area contributed by atoms with Gasteiger partial charge in [0.05, 0.1) is 16.1 Å². The molecule has 0 saturated carbocycles. The summed E-state index contributed by atoms with van der Waals surface area (Å²) in [6.45, 7) is 3.88. The number of urea groups is 1. The number of carbonyl (C=O) groups is 5. The number of benzene rings is 2. The van der Waals surface area contributed by atoms with Crippen LogP contribution in [0.25, 0.3) is 0 Å². The molecule has 3 heterocycles. The quantitative estimate of drug-likeness (QED) is 0.0850. The van der Waals surface area contributed by atoms with Gasteiger partial charge in [0, 0.05) is 63.8 Å². The van der Waals surface area contributed by atoms with Crippen LogP contribution < -0.4 is 26.0 Å². The Morgan fingerprint density at radius 3 is 1.86 bits per heavy atom. The maximum atomic E-state index is 14.1. The predicted octanol–water partition coefficient (Wildman–Crippen LogP) is 6.05. The van der Waals surface area contributed by atoms with Crippen molar-refractivity contribution in [3.63, 3.8) is 0 Å². The number of alkyl halides is 6. The van der Waals surface area contributed by atoms with E-state index in [9.17, 15) is 45.8 Å². The standard InChI is InChI=1S/C37H47Br2N7O5.2C2HF3O2/c1-51-33-8-3-2-6-28(33)26-11-16-46(17-12-26)37(50)43-32(24-25-22-29(38)34(47)30(39)23-25)35(48)42-31(7-4-5-13-40)36(49)45-20-18-44(19-21-45)27-9-14-41-15-10-27;2*3-2(4,5)1(6)7/h2-3,6,8-10,14-15,22-23,26,31-32,47H,4-5,7,11-13,16-21,24,40H2,1H3,(H,42,48)(H,43,50);2*(H,6,7)/t31-,32+;;/m0../s1. The lowest BCUT2D eigenvalue weighted by Gasteiger charge is -2.38. The van der Waals surface area contributed by atoms with Crippen LogP contribution in [0.2, 0.25) is 0 Å². The zero-order valence-electron chi connectivity index (χ0n) is 34.9. The first-order valence-corrected chi connectivity index (χ1v) is 21.6. The number of carboxylic acids is 2. The number of amides is 4. The number of anilines is 1. The SMILES string of the molecule is COc1ccccc1C1CCN(C(=O)N[C@H](Cc2cc(Br)c(O)c(Br)c2)C(=O)N[C@@H](CCCCN)C(=O)N2CCN(c3ccncc3)CC2)CC1.O=C(O)C(F)(F)F.O=C(O)C(F)(F)F. The van der Waals surface area contributed by atoms with E-state index in [-0.39, 0.29) is 30.0 Å². The van der Waals surface area contributed by atoms with Crippen LogP contribution in [0.5, 0.6) is 11.5 Å². The van der Waals surface area contributed by atoms with Crippen LogP contribution in [0.3, 0.4) is 0 Å². The number of hydrogen-bond donors (Lipinski definition) is 6. The highest BCUT2D eigenvalue weighted by Gasteiger charge is 2.39. The summed E-state index contributed by atoms with van der Waals surface area (Å²) >= 11 is 6.76. The predicted molar refractivity (Wildman–Crippen MR) is 231 cm³/mol. The fourth-order valence-corrected chi connectivity index (χ4v) is 8.08. The zero-order chi connectivity index (χ0) is 48.5. The van der Waals surface area contributed by atoms with Gasteiger partial charge in [-0.05, 0) is 118 Å². The van der Waals surface area contributed by atoms with Crippen LogP contribution in [-0.4, -0.2) is 137 Å². The molecule has 5 rings (SSSR count). The monoisotopic (exact) mass is 1060 g/mol. The van der Waals surface area contributed by atoms with E-state index in [4.69, 9.17) is 30.3 Å². The Bertz CT molecular complexity index is 2010. The van der Waals surface area contributed by atoms with Gasteiger partial charge in [0.2, 0.25) is 11.8 Å². The summed E-state index contributed by atoms with van der Waals surface area (Å²) < 4.78 is 70.0. The van der Waals surface area contributed by atoms with Gasteiger partial charge in [-0.3, -0.25) is 14.6 Å². The van der Waals surface area contributed by atoms with E-state index >= 15 is 0 Å². The number of ether oxygens (including phenoxy) is 1. The Labute approximate surface area is 386 Å². The number of aromatic nitrogens is 1. The Morgan fingerprint density at radius 1 is 0.815 bits per heavy atom. The number of methoxy groups -OCH3 is 1. The summed E-state index contributed by atoms with van der Waals surface area (Å²) in [5, 5.41) is 30.5. The van der Waals surface area contributed by atoms with E-state index in [1.54, 1.807) is 41.4 Å². The summed E-state index contributed by atoms with van der Waals surface area (Å²) in [7, 11) is 1.66. The zero-order valence-corrected chi connectivity index (χ0v) is 38.1. The average molecular weight is 1060 g/mol. The van der Waals surface area contributed by atoms with Gasteiger partial charge in [-0.2, -0.15) is 26.3 Å². The second kappa shape index (κ2) is 25.4. The van der Waals surface area contributed by atoms with Gasteiger partial charge in [-0.25, -0.2) is 14.4 Å². The number of carbonyl (C=O) groups excluding carboxylic acids is 3. The first-order chi connectivity index (χ1) is 30.6. The molecule has 24 heteroatoms. The lowest BCUT2D eigenvalue weighted by Crippen LogP contribution is -2.59. The fourth-order valence-electron chi connectivity index (χ4n) is 6.80. The molecule has 4 amide bonds. The second-order valence-electron chi connectivity index (χ2n) is 14.6. The van der Waals surface area contributed by atoms with E-state index in [1.165, 1.54) is 0 Å². The third-order valence-corrected chi connectivity index (χ3v) is 11.4. The smallest absolute Gasteiger partial charge is 0.490 e. The summed E-state index contributed by atoms with van der Waals surface area (Å²) in [4.78, 5) is 69.5. The number of nitrogens with zero attached hydrogens (tertiary/aromatic N) is 4. The number of phenols is 1. The van der Waals surface area contributed by atoms with E-state index < -0.39 is 42.3 Å². The number of nitrogens with one attached hydrogen (secondary N) is 2. The molecule has 1 aromatic heterocycles. The largest absolute Gasteiger partial charge is 0.506 e. The molecule has 0 aliphatic carbocycles. The number of unbranched alkanes of at least 4 members (excludes halogenated alkanes) is 1. The van der Waals surface area contributed by atoms with Crippen LogP contribution in [0, 0.1) is 0 Å². The van der Waals surface area contributed by atoms with Crippen molar-refractivity contribution in [1.29, 1.82) is 0 Å². The highest BCUT2D eigenvalue weighted by atomic mass is 79.9. The third kappa shape index (κ3) is 17.2. The Morgan fingerprint density at radius 2 is 1.35 bits per heavy atom. The van der Waals surface area contributed by atoms with Crippen LogP contribution in [0.4, 0.5) is 36.8 Å². The van der Waals surface area contributed by atoms with Crippen LogP contribution in [-0.2, 0) is 25.6 Å². The highest BCUT2D eigenvalue weighted by molar-refractivity contribution is 9.11. The van der Waals surface area contributed by atoms with Gasteiger partial charge < -0.3 is 51.1 Å². The number of pyridine rings is 1. The number of hydrogen-bond acceptors (Lipinski definition) is 10. The van der Waals surface area contributed by atoms with Crippen molar-refractivity contribution < 1.29 is 70.4 Å². The summed E-state index contributed by atoms with van der Waals surface area (Å²) in [6.07, 6.45) is -3.18. The highest BCUT2D eigenvalue weighted by Crippen LogP contribution is 2.35. The molecule has 358 valence electrons. The number of piperazine rings is 1. The van der Waals surface area contributed by atoms with Crippen molar-refractivity contribution in [1.82, 2.24) is 25.4 Å². The second-order valence-corrected chi connectivity index (χ2v) is 16.3. The molecule has 2 fully saturated rings. The molecule has 65 heavy (non-hydrogen) atoms. The van der Waals surface area contributed by atoms with Crippen molar-refractivity contribution in [2.75, 3.05) is 57.8 Å². The first kappa shape index (κ1) is 54.0. The number of aromatic hydroxyl groups is 1. The maximum Gasteiger partial charge on any atom is 0.490 e.